The van der Waals surface area contributed by atoms with Crippen LogP contribution < -0.4 is 34.7 Å². The van der Waals surface area contributed by atoms with Crippen molar-refractivity contribution in [2.24, 2.45) is 0 Å². The van der Waals surface area contributed by atoms with Crippen LogP contribution in [0.25, 0.3) is 0 Å². The quantitative estimate of drug-likeness (QED) is 0.219. The van der Waals surface area contributed by atoms with Gasteiger partial charge in [0.25, 0.3) is 0 Å². The second-order valence-corrected chi connectivity index (χ2v) is 8.33. The molecular formula is C10H10BiNaO13. The molecule has 0 radical (unpaired) electrons. The standard InChI is InChI=1S/C6H8O7.C4H6O6.Bi.Na/c7-3(8)1-6(13,5(11)12)2-4(9)10;5-1(3(7)8)2(6)4(9)10;;/h13H,1-2H2,(H,7,8)(H,9,10)(H,11,12);1-2,5-6H,(H,7,8)(H,9,10);;/q;;+3;+1/p-4. The van der Waals surface area contributed by atoms with Crippen molar-refractivity contribution < 1.29 is 87.5 Å². The van der Waals surface area contributed by atoms with Crippen molar-refractivity contribution >= 4 is 52.9 Å². The van der Waals surface area contributed by atoms with Crippen LogP contribution in [0.4, 0.5) is 0 Å². The Morgan fingerprint density at radius 2 is 1.56 bits per heavy atom. The van der Waals surface area contributed by atoms with Crippen molar-refractivity contribution in [2.75, 3.05) is 0 Å². The first-order valence-corrected chi connectivity index (χ1v) is 10.2. The Labute approximate surface area is 170 Å². The van der Waals surface area contributed by atoms with Crippen LogP contribution in [0.1, 0.15) is 12.8 Å². The van der Waals surface area contributed by atoms with Gasteiger partial charge in [-0.1, -0.05) is 0 Å². The fraction of sp³-hybridized carbons (Fsp3) is 0.500. The van der Waals surface area contributed by atoms with E-state index >= 15 is 0 Å². The predicted molar refractivity (Wildman–Crippen MR) is 62.9 cm³/mol. The molecule has 0 aromatic carbocycles. The zero-order valence-corrected chi connectivity index (χ0v) is 18.0. The van der Waals surface area contributed by atoms with Gasteiger partial charge in [0.15, 0.2) is 0 Å². The number of carboxylic acid groups (broad SMARTS) is 2. The second kappa shape index (κ2) is 9.71. The molecule has 0 bridgehead atoms. The summed E-state index contributed by atoms with van der Waals surface area (Å²) in [6.07, 6.45) is -7.33. The van der Waals surface area contributed by atoms with E-state index in [1.165, 1.54) is 0 Å². The monoisotopic (exact) mass is 570 g/mol. The Hall–Kier alpha value is -0.887. The van der Waals surface area contributed by atoms with Crippen molar-refractivity contribution in [1.29, 1.82) is 0 Å². The normalized spacial score (nSPS) is 23.2. The molecule has 1 fully saturated rings. The van der Waals surface area contributed by atoms with E-state index in [0.717, 1.165) is 0 Å². The summed E-state index contributed by atoms with van der Waals surface area (Å²) in [5, 5.41) is 47.2. The zero-order valence-electron chi connectivity index (χ0n) is 12.5. The smallest absolute Gasteiger partial charge is 1.00 e. The van der Waals surface area contributed by atoms with Gasteiger partial charge in [-0.25, -0.2) is 0 Å². The third kappa shape index (κ3) is 6.73. The van der Waals surface area contributed by atoms with E-state index in [0.29, 0.717) is 0 Å². The van der Waals surface area contributed by atoms with Gasteiger partial charge in [-0.05, 0) is 0 Å². The third-order valence-electron chi connectivity index (χ3n) is 2.56. The Kier molecular flexibility index (Phi) is 9.37. The molecule has 1 heterocycles. The Balaban J connectivity index is 0.00000576. The van der Waals surface area contributed by atoms with Crippen LogP contribution in [0, 0.1) is 0 Å². The van der Waals surface area contributed by atoms with Crippen LogP contribution >= 0.6 is 0 Å². The molecule has 0 aliphatic carbocycles. The van der Waals surface area contributed by atoms with E-state index in [9.17, 15) is 44.4 Å². The number of rotatable bonds is 6. The van der Waals surface area contributed by atoms with Crippen molar-refractivity contribution in [3.8, 4) is 0 Å². The van der Waals surface area contributed by atoms with E-state index < -0.39 is 83.6 Å². The van der Waals surface area contributed by atoms with E-state index in [4.69, 9.17) is 5.11 Å². The van der Waals surface area contributed by atoms with Gasteiger partial charge in [0.05, 0.1) is 0 Å². The molecule has 3 unspecified atom stereocenters. The minimum absolute atomic E-state index is 0. The van der Waals surface area contributed by atoms with Gasteiger partial charge in [-0.15, -0.1) is 0 Å². The summed E-state index contributed by atoms with van der Waals surface area (Å²) in [4.78, 5) is 55.4. The molecule has 0 spiro atoms. The van der Waals surface area contributed by atoms with Gasteiger partial charge < -0.3 is 0 Å². The Bertz CT molecular complexity index is 557. The van der Waals surface area contributed by atoms with Crippen LogP contribution in [-0.4, -0.2) is 91.2 Å². The number of aliphatic hydroxyl groups excluding tert-OH is 2. The van der Waals surface area contributed by atoms with Gasteiger partial charge in [0.2, 0.25) is 0 Å². The number of carbonyl (C=O) groups is 5. The van der Waals surface area contributed by atoms with E-state index in [1.807, 2.05) is 0 Å². The molecule has 1 saturated heterocycles. The molecule has 3 atom stereocenters. The molecule has 0 aromatic heterocycles. The molecule has 0 saturated carbocycles. The number of hydrogen-bond donors (Lipinski definition) is 4. The topological polar surface area (TPSA) is 217 Å². The summed E-state index contributed by atoms with van der Waals surface area (Å²) in [6, 6.07) is 0. The third-order valence-corrected chi connectivity index (χ3v) is 6.49. The molecule has 0 aromatic rings. The summed E-state index contributed by atoms with van der Waals surface area (Å²) in [5.41, 5.74) is -3.06. The second-order valence-electron chi connectivity index (χ2n) is 4.46. The largest absolute Gasteiger partial charge is 1.00 e. The maximum Gasteiger partial charge on any atom is 1.00 e. The molecule has 4 N–H and O–H groups in total. The molecule has 1 aliphatic heterocycles. The number of aliphatic carboxylic acids is 2. The number of hydrogen-bond acceptors (Lipinski definition) is 12. The summed E-state index contributed by atoms with van der Waals surface area (Å²) < 4.78 is 13.3. The fourth-order valence-electron chi connectivity index (χ4n) is 1.38. The van der Waals surface area contributed by atoms with Gasteiger partial charge in [0.1, 0.15) is 0 Å². The summed E-state index contributed by atoms with van der Waals surface area (Å²) in [7, 11) is 0. The predicted octanol–water partition coefficient (Wildman–Crippen LogP) is -8.31. The molecule has 25 heavy (non-hydrogen) atoms. The molecule has 13 nitrogen and oxygen atoms in total. The van der Waals surface area contributed by atoms with Crippen molar-refractivity contribution in [2.45, 2.75) is 30.7 Å². The molecule has 134 valence electrons. The molecule has 1 aliphatic rings. The maximum atomic E-state index is 11.6. The van der Waals surface area contributed by atoms with Gasteiger partial charge in [0, 0.05) is 0 Å². The molecule has 1 rings (SSSR count). The van der Waals surface area contributed by atoms with Crippen LogP contribution in [0.3, 0.4) is 0 Å². The van der Waals surface area contributed by atoms with E-state index in [-0.39, 0.29) is 29.6 Å². The summed E-state index contributed by atoms with van der Waals surface area (Å²) in [5.74, 6) is -8.55. The first kappa shape index (κ1) is 24.1. The minimum atomic E-state index is -4.63. The van der Waals surface area contributed by atoms with Crippen LogP contribution in [0.2, 0.25) is 0 Å². The van der Waals surface area contributed by atoms with Crippen LogP contribution in [-0.2, 0) is 32.4 Å². The van der Waals surface area contributed by atoms with Crippen LogP contribution in [0.5, 0.6) is 0 Å². The Morgan fingerprint density at radius 1 is 1.12 bits per heavy atom. The van der Waals surface area contributed by atoms with Crippen molar-refractivity contribution in [3.05, 3.63) is 0 Å². The van der Waals surface area contributed by atoms with Gasteiger partial charge >= 0.3 is 171 Å². The van der Waals surface area contributed by atoms with Crippen molar-refractivity contribution in [1.82, 2.24) is 0 Å². The number of aliphatic hydroxyl groups is 3. The number of carbonyl (C=O) groups excluding carboxylic acids is 4. The average molecular weight is 570 g/mol. The summed E-state index contributed by atoms with van der Waals surface area (Å²) in [6.45, 7) is 0. The minimum Gasteiger partial charge on any atom is 1.00 e. The fourth-order valence-corrected chi connectivity index (χ4v) is 4.69. The van der Waals surface area contributed by atoms with Gasteiger partial charge in [-0.2, -0.15) is 0 Å². The zero-order chi connectivity index (χ0) is 18.7. The van der Waals surface area contributed by atoms with Gasteiger partial charge in [-0.3, -0.25) is 0 Å². The average Bonchev–Trinajstić information content (AvgIpc) is 2.50. The van der Waals surface area contributed by atoms with E-state index in [1.54, 1.807) is 0 Å². The molecule has 0 amide bonds. The number of carboxylic acids is 2. The first-order valence-electron chi connectivity index (χ1n) is 5.92. The molecular weight excluding hydrogens is 560 g/mol. The maximum absolute atomic E-state index is 11.6. The van der Waals surface area contributed by atoms with E-state index in [2.05, 4.69) is 8.44 Å². The van der Waals surface area contributed by atoms with Crippen molar-refractivity contribution in [3.63, 3.8) is 0 Å². The molecule has 15 heteroatoms. The van der Waals surface area contributed by atoms with Crippen LogP contribution in [0.15, 0.2) is 0 Å². The SMILES string of the molecule is O=C([O-])CC(O)(CC(=O)[O][Bi]1[O]C(=O)C(O)C(O)C(=O)[O]1)C(=O)O.[Na+]. The Morgan fingerprint density at radius 3 is 1.92 bits per heavy atom. The summed E-state index contributed by atoms with van der Waals surface area (Å²) >= 11 is -4.63. The first-order chi connectivity index (χ1) is 11.0.